The number of carbonyl (C=O) groups is 1. The van der Waals surface area contributed by atoms with Crippen molar-refractivity contribution in [3.05, 3.63) is 33.8 Å². The molecule has 16 heavy (non-hydrogen) atoms. The van der Waals surface area contributed by atoms with Gasteiger partial charge in [0.05, 0.1) is 12.7 Å². The molecule has 0 heterocycles. The van der Waals surface area contributed by atoms with Crippen molar-refractivity contribution in [3.8, 4) is 0 Å². The van der Waals surface area contributed by atoms with Crippen molar-refractivity contribution < 1.29 is 9.53 Å². The maximum atomic E-state index is 11.3. The zero-order chi connectivity index (χ0) is 12.1. The molecular formula is C11H15BrN2O2. The molecule has 0 aliphatic carbocycles. The van der Waals surface area contributed by atoms with Crippen LogP contribution in [-0.4, -0.2) is 32.2 Å². The monoisotopic (exact) mass is 286 g/mol. The number of hydrogen-bond donors (Lipinski definition) is 1. The minimum absolute atomic E-state index is 0.326. The van der Waals surface area contributed by atoms with Gasteiger partial charge >= 0.3 is 5.97 Å². The van der Waals surface area contributed by atoms with Crippen LogP contribution in [0.15, 0.2) is 22.7 Å². The standard InChI is InChI=1S/C11H15BrN2O2/c1-14(2)13-7-9-5-4-8(6-10(9)12)11(15)16-3/h4-6,13H,7H2,1-3H3. The Bertz CT molecular complexity index is 380. The van der Waals surface area contributed by atoms with Gasteiger partial charge in [0, 0.05) is 25.1 Å². The number of esters is 1. The van der Waals surface area contributed by atoms with Crippen LogP contribution in [0.3, 0.4) is 0 Å². The lowest BCUT2D eigenvalue weighted by Crippen LogP contribution is -2.29. The maximum absolute atomic E-state index is 11.3. The van der Waals surface area contributed by atoms with Gasteiger partial charge in [0.1, 0.15) is 0 Å². The van der Waals surface area contributed by atoms with Crippen LogP contribution >= 0.6 is 15.9 Å². The van der Waals surface area contributed by atoms with E-state index in [-0.39, 0.29) is 5.97 Å². The van der Waals surface area contributed by atoms with Gasteiger partial charge in [0.2, 0.25) is 0 Å². The molecule has 4 nitrogen and oxygen atoms in total. The van der Waals surface area contributed by atoms with E-state index in [4.69, 9.17) is 0 Å². The molecule has 1 aromatic rings. The summed E-state index contributed by atoms with van der Waals surface area (Å²) in [6, 6.07) is 5.41. The molecule has 0 fully saturated rings. The minimum Gasteiger partial charge on any atom is -0.465 e. The number of carbonyl (C=O) groups excluding carboxylic acids is 1. The molecule has 0 radical (unpaired) electrons. The Balaban J connectivity index is 2.79. The maximum Gasteiger partial charge on any atom is 0.337 e. The average Bonchev–Trinajstić information content (AvgIpc) is 2.26. The number of rotatable bonds is 4. The highest BCUT2D eigenvalue weighted by molar-refractivity contribution is 9.10. The van der Waals surface area contributed by atoms with Gasteiger partial charge in [-0.3, -0.25) is 10.4 Å². The first kappa shape index (κ1) is 13.2. The van der Waals surface area contributed by atoms with Crippen molar-refractivity contribution in [2.75, 3.05) is 21.2 Å². The summed E-state index contributed by atoms with van der Waals surface area (Å²) in [7, 11) is 5.23. The van der Waals surface area contributed by atoms with Gasteiger partial charge in [-0.25, -0.2) is 4.79 Å². The van der Waals surface area contributed by atoms with Crippen LogP contribution in [0.1, 0.15) is 15.9 Å². The highest BCUT2D eigenvalue weighted by Crippen LogP contribution is 2.19. The number of halogens is 1. The van der Waals surface area contributed by atoms with Crippen LogP contribution in [0, 0.1) is 0 Å². The molecule has 0 aliphatic heterocycles. The van der Waals surface area contributed by atoms with Crippen LogP contribution in [0.25, 0.3) is 0 Å². The molecule has 0 atom stereocenters. The number of benzene rings is 1. The van der Waals surface area contributed by atoms with E-state index in [9.17, 15) is 4.79 Å². The van der Waals surface area contributed by atoms with Gasteiger partial charge in [-0.05, 0) is 17.7 Å². The molecular weight excluding hydrogens is 272 g/mol. The molecule has 1 N–H and O–H groups in total. The first-order valence-corrected chi connectivity index (χ1v) is 5.61. The van der Waals surface area contributed by atoms with E-state index in [2.05, 4.69) is 26.1 Å². The lowest BCUT2D eigenvalue weighted by atomic mass is 10.1. The Kier molecular flexibility index (Phi) is 4.92. The first-order valence-electron chi connectivity index (χ1n) is 4.82. The van der Waals surface area contributed by atoms with Crippen molar-refractivity contribution in [2.45, 2.75) is 6.54 Å². The first-order chi connectivity index (χ1) is 7.54. The molecule has 0 saturated carbocycles. The van der Waals surface area contributed by atoms with Crippen molar-refractivity contribution >= 4 is 21.9 Å². The summed E-state index contributed by atoms with van der Waals surface area (Å²) in [4.78, 5) is 11.3. The average molecular weight is 287 g/mol. The summed E-state index contributed by atoms with van der Waals surface area (Å²) in [5, 5.41) is 1.88. The second kappa shape index (κ2) is 5.98. The van der Waals surface area contributed by atoms with E-state index in [0.29, 0.717) is 12.1 Å². The SMILES string of the molecule is COC(=O)c1ccc(CNN(C)C)c(Br)c1. The topological polar surface area (TPSA) is 41.6 Å². The van der Waals surface area contributed by atoms with Crippen LogP contribution < -0.4 is 5.43 Å². The van der Waals surface area contributed by atoms with E-state index in [1.807, 2.05) is 25.2 Å². The summed E-state index contributed by atoms with van der Waals surface area (Å²) in [5.74, 6) is -0.326. The Morgan fingerprint density at radius 1 is 1.50 bits per heavy atom. The highest BCUT2D eigenvalue weighted by atomic mass is 79.9. The summed E-state index contributed by atoms with van der Waals surface area (Å²) in [6.45, 7) is 0.703. The van der Waals surface area contributed by atoms with Crippen LogP contribution in [0.5, 0.6) is 0 Å². The second-order valence-electron chi connectivity index (χ2n) is 3.53. The van der Waals surface area contributed by atoms with Crippen LogP contribution in [-0.2, 0) is 11.3 Å². The Hall–Kier alpha value is -0.910. The van der Waals surface area contributed by atoms with Crippen molar-refractivity contribution in [3.63, 3.8) is 0 Å². The van der Waals surface area contributed by atoms with Crippen molar-refractivity contribution in [1.29, 1.82) is 0 Å². The summed E-state index contributed by atoms with van der Waals surface area (Å²) >= 11 is 3.43. The van der Waals surface area contributed by atoms with Crippen LogP contribution in [0.2, 0.25) is 0 Å². The number of nitrogens with one attached hydrogen (secondary N) is 1. The predicted molar refractivity (Wildman–Crippen MR) is 66.0 cm³/mol. The van der Waals surface area contributed by atoms with E-state index in [1.165, 1.54) is 7.11 Å². The summed E-state index contributed by atoms with van der Waals surface area (Å²) in [5.41, 5.74) is 4.78. The zero-order valence-electron chi connectivity index (χ0n) is 9.58. The fourth-order valence-electron chi connectivity index (χ4n) is 1.18. The zero-order valence-corrected chi connectivity index (χ0v) is 11.2. The Morgan fingerprint density at radius 3 is 2.69 bits per heavy atom. The van der Waals surface area contributed by atoms with Gasteiger partial charge in [-0.1, -0.05) is 22.0 Å². The Morgan fingerprint density at radius 2 is 2.19 bits per heavy atom. The van der Waals surface area contributed by atoms with Gasteiger partial charge < -0.3 is 4.74 Å². The minimum atomic E-state index is -0.326. The molecule has 0 aromatic heterocycles. The fraction of sp³-hybridized carbons (Fsp3) is 0.364. The molecule has 5 heteroatoms. The number of methoxy groups -OCH3 is 1. The third kappa shape index (κ3) is 3.59. The predicted octanol–water partition coefficient (Wildman–Crippen LogP) is 1.80. The number of hydrogen-bond acceptors (Lipinski definition) is 4. The van der Waals surface area contributed by atoms with E-state index in [0.717, 1.165) is 10.0 Å². The molecule has 1 rings (SSSR count). The molecule has 0 aliphatic rings. The van der Waals surface area contributed by atoms with Gasteiger partial charge in [-0.2, -0.15) is 0 Å². The van der Waals surface area contributed by atoms with Gasteiger partial charge in [0.15, 0.2) is 0 Å². The molecule has 0 saturated heterocycles. The van der Waals surface area contributed by atoms with Crippen LogP contribution in [0.4, 0.5) is 0 Å². The largest absolute Gasteiger partial charge is 0.465 e. The van der Waals surface area contributed by atoms with Crippen molar-refractivity contribution in [2.24, 2.45) is 0 Å². The molecule has 0 bridgehead atoms. The van der Waals surface area contributed by atoms with Gasteiger partial charge in [-0.15, -0.1) is 0 Å². The molecule has 0 spiro atoms. The number of ether oxygens (including phenoxy) is 1. The lowest BCUT2D eigenvalue weighted by molar-refractivity contribution is 0.0600. The van der Waals surface area contributed by atoms with E-state index in [1.54, 1.807) is 12.1 Å². The summed E-state index contributed by atoms with van der Waals surface area (Å²) in [6.07, 6.45) is 0. The normalized spacial score (nSPS) is 10.6. The number of nitrogens with zero attached hydrogens (tertiary/aromatic N) is 1. The molecule has 0 unspecified atom stereocenters. The second-order valence-corrected chi connectivity index (χ2v) is 4.38. The fourth-order valence-corrected chi connectivity index (χ4v) is 1.70. The van der Waals surface area contributed by atoms with E-state index < -0.39 is 0 Å². The van der Waals surface area contributed by atoms with E-state index >= 15 is 0 Å². The molecule has 88 valence electrons. The Labute approximate surface area is 104 Å². The highest BCUT2D eigenvalue weighted by Gasteiger charge is 2.08. The third-order valence-corrected chi connectivity index (χ3v) is 2.80. The van der Waals surface area contributed by atoms with Gasteiger partial charge in [0.25, 0.3) is 0 Å². The molecule has 1 aromatic carbocycles. The quantitative estimate of drug-likeness (QED) is 0.677. The number of hydrazine groups is 1. The van der Waals surface area contributed by atoms with Crippen molar-refractivity contribution in [1.82, 2.24) is 10.4 Å². The summed E-state index contributed by atoms with van der Waals surface area (Å²) < 4.78 is 5.54. The smallest absolute Gasteiger partial charge is 0.337 e. The molecule has 0 amide bonds. The lowest BCUT2D eigenvalue weighted by Gasteiger charge is -2.13. The third-order valence-electron chi connectivity index (χ3n) is 2.06.